The molecule has 1 saturated heterocycles. The Balaban J connectivity index is 1.73. The largest absolute Gasteiger partial charge is 0.352 e. The summed E-state index contributed by atoms with van der Waals surface area (Å²) < 4.78 is 2.51. The number of hydrogen-bond donors (Lipinski definition) is 1. The van der Waals surface area contributed by atoms with Crippen LogP contribution in [0.1, 0.15) is 68.5 Å². The van der Waals surface area contributed by atoms with Crippen molar-refractivity contribution in [1.82, 2.24) is 19.8 Å². The second-order valence-corrected chi connectivity index (χ2v) is 7.43. The fourth-order valence-electron chi connectivity index (χ4n) is 4.42. The molecule has 0 aromatic carbocycles. The van der Waals surface area contributed by atoms with Crippen LogP contribution in [0.2, 0.25) is 0 Å². The first kappa shape index (κ1) is 16.6. The normalized spacial score (nSPS) is 24.5. The SMILES string of the molecule is CCN1C(=S)N[C@H](c2ccccn2)[C@H]1c1cccn1C1CCCCC1. The molecule has 2 atom stereocenters. The Morgan fingerprint density at radius 1 is 1.16 bits per heavy atom. The molecule has 1 N–H and O–H groups in total. The van der Waals surface area contributed by atoms with Crippen molar-refractivity contribution in [2.75, 3.05) is 6.54 Å². The molecule has 2 aromatic heterocycles. The molecule has 4 rings (SSSR count). The van der Waals surface area contributed by atoms with Crippen molar-refractivity contribution in [1.29, 1.82) is 0 Å². The first-order valence-corrected chi connectivity index (χ1v) is 9.85. The molecule has 2 aliphatic rings. The van der Waals surface area contributed by atoms with Crippen molar-refractivity contribution in [3.05, 3.63) is 54.1 Å². The van der Waals surface area contributed by atoms with Gasteiger partial charge in [0.1, 0.15) is 0 Å². The van der Waals surface area contributed by atoms with Crippen molar-refractivity contribution < 1.29 is 0 Å². The summed E-state index contributed by atoms with van der Waals surface area (Å²) in [5, 5.41) is 4.35. The van der Waals surface area contributed by atoms with Crippen LogP contribution in [0.25, 0.3) is 0 Å². The van der Waals surface area contributed by atoms with Crippen LogP contribution < -0.4 is 5.32 Å². The first-order chi connectivity index (χ1) is 12.3. The summed E-state index contributed by atoms with van der Waals surface area (Å²) in [6, 6.07) is 11.5. The summed E-state index contributed by atoms with van der Waals surface area (Å²) in [4.78, 5) is 6.92. The van der Waals surface area contributed by atoms with Gasteiger partial charge in [-0.1, -0.05) is 25.3 Å². The molecule has 132 valence electrons. The van der Waals surface area contributed by atoms with E-state index in [-0.39, 0.29) is 12.1 Å². The zero-order valence-corrected chi connectivity index (χ0v) is 15.6. The maximum Gasteiger partial charge on any atom is 0.170 e. The third-order valence-corrected chi connectivity index (χ3v) is 5.97. The number of pyridine rings is 1. The molecule has 0 bridgehead atoms. The number of rotatable bonds is 4. The number of aromatic nitrogens is 2. The first-order valence-electron chi connectivity index (χ1n) is 9.44. The topological polar surface area (TPSA) is 33.1 Å². The highest BCUT2D eigenvalue weighted by Gasteiger charge is 2.40. The second-order valence-electron chi connectivity index (χ2n) is 7.04. The highest BCUT2D eigenvalue weighted by Crippen LogP contribution is 2.40. The molecule has 1 aliphatic heterocycles. The Morgan fingerprint density at radius 3 is 2.72 bits per heavy atom. The van der Waals surface area contributed by atoms with Crippen LogP contribution in [0, 0.1) is 0 Å². The average molecular weight is 355 g/mol. The van der Waals surface area contributed by atoms with E-state index in [9.17, 15) is 0 Å². The molecule has 0 radical (unpaired) electrons. The van der Waals surface area contributed by atoms with Gasteiger partial charge in [0.05, 0.1) is 17.8 Å². The molecule has 4 nitrogen and oxygen atoms in total. The monoisotopic (exact) mass is 354 g/mol. The van der Waals surface area contributed by atoms with Gasteiger partial charge < -0.3 is 14.8 Å². The van der Waals surface area contributed by atoms with Gasteiger partial charge in [0.15, 0.2) is 5.11 Å². The zero-order valence-electron chi connectivity index (χ0n) is 14.8. The van der Waals surface area contributed by atoms with Gasteiger partial charge >= 0.3 is 0 Å². The predicted molar refractivity (Wildman–Crippen MR) is 104 cm³/mol. The minimum absolute atomic E-state index is 0.103. The Hall–Kier alpha value is -1.88. The van der Waals surface area contributed by atoms with Gasteiger partial charge in [-0.25, -0.2) is 0 Å². The molecule has 5 heteroatoms. The van der Waals surface area contributed by atoms with Gasteiger partial charge in [-0.3, -0.25) is 4.98 Å². The van der Waals surface area contributed by atoms with E-state index in [0.717, 1.165) is 17.4 Å². The third-order valence-electron chi connectivity index (χ3n) is 5.62. The van der Waals surface area contributed by atoms with E-state index in [1.54, 1.807) is 0 Å². The fraction of sp³-hybridized carbons (Fsp3) is 0.500. The lowest BCUT2D eigenvalue weighted by atomic mass is 9.94. The third kappa shape index (κ3) is 3.06. The van der Waals surface area contributed by atoms with Gasteiger partial charge in [0.25, 0.3) is 0 Å². The lowest BCUT2D eigenvalue weighted by Crippen LogP contribution is -2.30. The lowest BCUT2D eigenvalue weighted by Gasteiger charge is -2.32. The molecular formula is C20H26N4S. The van der Waals surface area contributed by atoms with Gasteiger partial charge in [0.2, 0.25) is 0 Å². The van der Waals surface area contributed by atoms with Gasteiger partial charge in [-0.15, -0.1) is 0 Å². The molecule has 1 saturated carbocycles. The maximum atomic E-state index is 5.65. The Bertz CT molecular complexity index is 720. The standard InChI is InChI=1S/C20H26N4S/c1-2-23-19(18(22-20(23)25)16-11-6-7-13-21-16)17-12-8-14-24(17)15-9-4-3-5-10-15/h6-8,11-15,18-19H,2-5,9-10H2,1H3,(H,22,25)/t18-,19-/m1/s1. The number of nitrogens with one attached hydrogen (secondary N) is 1. The highest BCUT2D eigenvalue weighted by molar-refractivity contribution is 7.80. The van der Waals surface area contributed by atoms with Crippen LogP contribution in [0.4, 0.5) is 0 Å². The summed E-state index contributed by atoms with van der Waals surface area (Å²) in [7, 11) is 0. The Morgan fingerprint density at radius 2 is 2.00 bits per heavy atom. The molecule has 2 fully saturated rings. The van der Waals surface area contributed by atoms with Crippen LogP contribution in [0.15, 0.2) is 42.7 Å². The summed E-state index contributed by atoms with van der Waals surface area (Å²) in [6.07, 6.45) is 10.7. The van der Waals surface area contributed by atoms with Crippen LogP contribution >= 0.6 is 12.2 Å². The van der Waals surface area contributed by atoms with E-state index in [0.29, 0.717) is 6.04 Å². The highest BCUT2D eigenvalue weighted by atomic mass is 32.1. The van der Waals surface area contributed by atoms with Gasteiger partial charge in [0, 0.05) is 30.7 Å². The summed E-state index contributed by atoms with van der Waals surface area (Å²) in [5.74, 6) is 0. The Kier molecular flexibility index (Phi) is 4.75. The number of thiocarbonyl (C=S) groups is 1. The molecule has 0 spiro atoms. The minimum atomic E-state index is 0.103. The van der Waals surface area contributed by atoms with Crippen LogP contribution in [-0.4, -0.2) is 26.1 Å². The van der Waals surface area contributed by atoms with E-state index in [4.69, 9.17) is 12.2 Å². The van der Waals surface area contributed by atoms with Crippen LogP contribution in [-0.2, 0) is 0 Å². The molecule has 0 unspecified atom stereocenters. The van der Waals surface area contributed by atoms with Crippen molar-refractivity contribution >= 4 is 17.3 Å². The molecule has 2 aromatic rings. The van der Waals surface area contributed by atoms with Gasteiger partial charge in [-0.05, 0) is 56.2 Å². The van der Waals surface area contributed by atoms with E-state index < -0.39 is 0 Å². The maximum absolute atomic E-state index is 5.65. The number of hydrogen-bond acceptors (Lipinski definition) is 2. The van der Waals surface area contributed by atoms with E-state index in [1.165, 1.54) is 37.8 Å². The molecule has 0 amide bonds. The van der Waals surface area contributed by atoms with E-state index in [1.807, 2.05) is 12.3 Å². The Labute approximate surface area is 155 Å². The predicted octanol–water partition coefficient (Wildman–Crippen LogP) is 4.38. The smallest absolute Gasteiger partial charge is 0.170 e. The van der Waals surface area contributed by atoms with Crippen molar-refractivity contribution in [3.63, 3.8) is 0 Å². The summed E-state index contributed by atoms with van der Waals surface area (Å²) in [6.45, 7) is 3.07. The molecule has 3 heterocycles. The summed E-state index contributed by atoms with van der Waals surface area (Å²) >= 11 is 5.65. The molecule has 1 aliphatic carbocycles. The van der Waals surface area contributed by atoms with Crippen LogP contribution in [0.5, 0.6) is 0 Å². The molecular weight excluding hydrogens is 328 g/mol. The zero-order chi connectivity index (χ0) is 17.2. The van der Waals surface area contributed by atoms with Gasteiger partial charge in [-0.2, -0.15) is 0 Å². The fourth-order valence-corrected chi connectivity index (χ4v) is 4.79. The molecule has 25 heavy (non-hydrogen) atoms. The second kappa shape index (κ2) is 7.16. The van der Waals surface area contributed by atoms with Crippen LogP contribution in [0.3, 0.4) is 0 Å². The van der Waals surface area contributed by atoms with Crippen molar-refractivity contribution in [2.45, 2.75) is 57.2 Å². The number of nitrogens with zero attached hydrogens (tertiary/aromatic N) is 3. The summed E-state index contributed by atoms with van der Waals surface area (Å²) in [5.41, 5.74) is 2.42. The number of likely N-dealkylation sites (N-methyl/N-ethyl adjacent to an activating group) is 1. The van der Waals surface area contributed by atoms with E-state index >= 15 is 0 Å². The lowest BCUT2D eigenvalue weighted by molar-refractivity contribution is 0.287. The minimum Gasteiger partial charge on any atom is -0.352 e. The average Bonchev–Trinajstić information content (AvgIpc) is 3.27. The van der Waals surface area contributed by atoms with E-state index in [2.05, 4.69) is 57.2 Å². The quantitative estimate of drug-likeness (QED) is 0.826. The van der Waals surface area contributed by atoms with Crippen molar-refractivity contribution in [3.8, 4) is 0 Å². The van der Waals surface area contributed by atoms with Crippen molar-refractivity contribution in [2.24, 2.45) is 0 Å².